The SMILES string of the molecule is CCCNCCN1CCC(C(C)(C)C)CC1. The Morgan fingerprint density at radius 2 is 1.75 bits per heavy atom. The summed E-state index contributed by atoms with van der Waals surface area (Å²) in [6, 6.07) is 0. The lowest BCUT2D eigenvalue weighted by atomic mass is 9.75. The first-order chi connectivity index (χ1) is 7.54. The number of hydrogen-bond donors (Lipinski definition) is 1. The van der Waals surface area contributed by atoms with Gasteiger partial charge in [0.05, 0.1) is 0 Å². The van der Waals surface area contributed by atoms with Gasteiger partial charge in [0.2, 0.25) is 0 Å². The van der Waals surface area contributed by atoms with Crippen LogP contribution in [-0.2, 0) is 0 Å². The van der Waals surface area contributed by atoms with E-state index in [4.69, 9.17) is 0 Å². The minimum atomic E-state index is 0.506. The molecule has 0 atom stereocenters. The second-order valence-corrected chi connectivity index (χ2v) is 6.23. The first-order valence-corrected chi connectivity index (χ1v) is 6.97. The van der Waals surface area contributed by atoms with Gasteiger partial charge in [0.1, 0.15) is 0 Å². The van der Waals surface area contributed by atoms with Gasteiger partial charge in [0.25, 0.3) is 0 Å². The highest BCUT2D eigenvalue weighted by Gasteiger charge is 2.28. The second kappa shape index (κ2) is 6.61. The number of nitrogens with zero attached hydrogens (tertiary/aromatic N) is 1. The second-order valence-electron chi connectivity index (χ2n) is 6.23. The van der Waals surface area contributed by atoms with Crippen LogP contribution in [0.4, 0.5) is 0 Å². The van der Waals surface area contributed by atoms with E-state index in [1.807, 2.05) is 0 Å². The molecule has 0 spiro atoms. The third-order valence-electron chi connectivity index (χ3n) is 3.84. The van der Waals surface area contributed by atoms with Crippen molar-refractivity contribution in [1.29, 1.82) is 0 Å². The zero-order valence-electron chi connectivity index (χ0n) is 11.7. The normalized spacial score (nSPS) is 20.2. The summed E-state index contributed by atoms with van der Waals surface area (Å²) in [5, 5.41) is 3.48. The number of rotatable bonds is 5. The summed E-state index contributed by atoms with van der Waals surface area (Å²) < 4.78 is 0. The molecule has 0 aromatic heterocycles. The third kappa shape index (κ3) is 4.84. The molecule has 96 valence electrons. The molecular formula is C14H30N2. The minimum absolute atomic E-state index is 0.506. The molecule has 1 aliphatic rings. The van der Waals surface area contributed by atoms with Gasteiger partial charge in [-0.2, -0.15) is 0 Å². The summed E-state index contributed by atoms with van der Waals surface area (Å²) in [5.41, 5.74) is 0.506. The molecule has 0 unspecified atom stereocenters. The van der Waals surface area contributed by atoms with Crippen molar-refractivity contribution in [2.75, 3.05) is 32.7 Å². The molecular weight excluding hydrogens is 196 g/mol. The Hall–Kier alpha value is -0.0800. The molecule has 2 heteroatoms. The summed E-state index contributed by atoms with van der Waals surface area (Å²) >= 11 is 0. The van der Waals surface area contributed by atoms with Crippen molar-refractivity contribution in [2.45, 2.75) is 47.0 Å². The molecule has 0 radical (unpaired) electrons. The summed E-state index contributed by atoms with van der Waals surface area (Å²) in [6.07, 6.45) is 4.01. The Morgan fingerprint density at radius 3 is 2.25 bits per heavy atom. The molecule has 0 saturated carbocycles. The highest BCUT2D eigenvalue weighted by atomic mass is 15.1. The molecule has 1 rings (SSSR count). The summed E-state index contributed by atoms with van der Waals surface area (Å²) in [6.45, 7) is 15.5. The standard InChI is InChI=1S/C14H30N2/c1-5-8-15-9-12-16-10-6-13(7-11-16)14(2,3)4/h13,15H,5-12H2,1-4H3. The molecule has 0 bridgehead atoms. The lowest BCUT2D eigenvalue weighted by molar-refractivity contribution is 0.113. The fraction of sp³-hybridized carbons (Fsp3) is 1.00. The highest BCUT2D eigenvalue weighted by Crippen LogP contribution is 2.33. The van der Waals surface area contributed by atoms with Gasteiger partial charge in [0.15, 0.2) is 0 Å². The van der Waals surface area contributed by atoms with Gasteiger partial charge in [0, 0.05) is 13.1 Å². The van der Waals surface area contributed by atoms with Crippen molar-refractivity contribution in [2.24, 2.45) is 11.3 Å². The van der Waals surface area contributed by atoms with Gasteiger partial charge in [-0.05, 0) is 50.2 Å². The fourth-order valence-corrected chi connectivity index (χ4v) is 2.56. The van der Waals surface area contributed by atoms with Crippen LogP contribution in [0.5, 0.6) is 0 Å². The van der Waals surface area contributed by atoms with E-state index in [2.05, 4.69) is 37.9 Å². The third-order valence-corrected chi connectivity index (χ3v) is 3.84. The molecule has 1 fully saturated rings. The lowest BCUT2D eigenvalue weighted by Crippen LogP contribution is -2.41. The minimum Gasteiger partial charge on any atom is -0.315 e. The molecule has 1 heterocycles. The predicted molar refractivity (Wildman–Crippen MR) is 71.8 cm³/mol. The van der Waals surface area contributed by atoms with Gasteiger partial charge in [-0.1, -0.05) is 27.7 Å². The molecule has 0 aromatic rings. The van der Waals surface area contributed by atoms with Crippen LogP contribution in [0.15, 0.2) is 0 Å². The van der Waals surface area contributed by atoms with Crippen molar-refractivity contribution >= 4 is 0 Å². The summed E-state index contributed by atoms with van der Waals surface area (Å²) in [5.74, 6) is 0.923. The Kier molecular flexibility index (Phi) is 5.77. The van der Waals surface area contributed by atoms with E-state index >= 15 is 0 Å². The number of nitrogens with one attached hydrogen (secondary N) is 1. The van der Waals surface area contributed by atoms with Crippen LogP contribution in [0.3, 0.4) is 0 Å². The zero-order chi connectivity index (χ0) is 12.0. The fourth-order valence-electron chi connectivity index (χ4n) is 2.56. The highest BCUT2D eigenvalue weighted by molar-refractivity contribution is 4.80. The average molecular weight is 226 g/mol. The van der Waals surface area contributed by atoms with Gasteiger partial charge in [-0.3, -0.25) is 0 Å². The van der Waals surface area contributed by atoms with Crippen molar-refractivity contribution in [3.8, 4) is 0 Å². The molecule has 16 heavy (non-hydrogen) atoms. The van der Waals surface area contributed by atoms with Crippen LogP contribution >= 0.6 is 0 Å². The van der Waals surface area contributed by atoms with Crippen molar-refractivity contribution in [3.05, 3.63) is 0 Å². The van der Waals surface area contributed by atoms with Gasteiger partial charge in [-0.25, -0.2) is 0 Å². The maximum atomic E-state index is 3.48. The maximum absolute atomic E-state index is 3.48. The number of hydrogen-bond acceptors (Lipinski definition) is 2. The first kappa shape index (κ1) is 14.0. The molecule has 1 aliphatic heterocycles. The predicted octanol–water partition coefficient (Wildman–Crippen LogP) is 2.74. The summed E-state index contributed by atoms with van der Waals surface area (Å²) in [4.78, 5) is 2.62. The van der Waals surface area contributed by atoms with E-state index in [0.29, 0.717) is 5.41 Å². The first-order valence-electron chi connectivity index (χ1n) is 6.97. The van der Waals surface area contributed by atoms with Crippen LogP contribution in [-0.4, -0.2) is 37.6 Å². The lowest BCUT2D eigenvalue weighted by Gasteiger charge is -2.38. The Bertz CT molecular complexity index is 176. The monoisotopic (exact) mass is 226 g/mol. The average Bonchev–Trinajstić information content (AvgIpc) is 2.24. The molecule has 0 amide bonds. The topological polar surface area (TPSA) is 15.3 Å². The van der Waals surface area contributed by atoms with Crippen LogP contribution < -0.4 is 5.32 Å². The molecule has 0 aromatic carbocycles. The maximum Gasteiger partial charge on any atom is 0.0107 e. The van der Waals surface area contributed by atoms with Gasteiger partial charge >= 0.3 is 0 Å². The van der Waals surface area contributed by atoms with E-state index < -0.39 is 0 Å². The smallest absolute Gasteiger partial charge is 0.0107 e. The largest absolute Gasteiger partial charge is 0.315 e. The van der Waals surface area contributed by atoms with Crippen LogP contribution in [0.1, 0.15) is 47.0 Å². The van der Waals surface area contributed by atoms with Crippen LogP contribution in [0.25, 0.3) is 0 Å². The molecule has 1 saturated heterocycles. The van der Waals surface area contributed by atoms with Crippen molar-refractivity contribution in [3.63, 3.8) is 0 Å². The van der Waals surface area contributed by atoms with E-state index in [-0.39, 0.29) is 0 Å². The van der Waals surface area contributed by atoms with Crippen molar-refractivity contribution < 1.29 is 0 Å². The Labute approximate surface area is 102 Å². The quantitative estimate of drug-likeness (QED) is 0.725. The Balaban J connectivity index is 2.12. The van der Waals surface area contributed by atoms with Gasteiger partial charge in [-0.15, -0.1) is 0 Å². The Morgan fingerprint density at radius 1 is 1.12 bits per heavy atom. The number of likely N-dealkylation sites (tertiary alicyclic amines) is 1. The van der Waals surface area contributed by atoms with E-state index in [1.54, 1.807) is 0 Å². The zero-order valence-corrected chi connectivity index (χ0v) is 11.7. The van der Waals surface area contributed by atoms with E-state index in [0.717, 1.165) is 12.5 Å². The van der Waals surface area contributed by atoms with Crippen molar-refractivity contribution in [1.82, 2.24) is 10.2 Å². The van der Waals surface area contributed by atoms with Crippen LogP contribution in [0, 0.1) is 11.3 Å². The van der Waals surface area contributed by atoms with Crippen LogP contribution in [0.2, 0.25) is 0 Å². The molecule has 0 aliphatic carbocycles. The molecule has 1 N–H and O–H groups in total. The van der Waals surface area contributed by atoms with Gasteiger partial charge < -0.3 is 10.2 Å². The van der Waals surface area contributed by atoms with E-state index in [9.17, 15) is 0 Å². The summed E-state index contributed by atoms with van der Waals surface area (Å²) in [7, 11) is 0. The number of piperidine rings is 1. The molecule has 2 nitrogen and oxygen atoms in total. The van der Waals surface area contributed by atoms with E-state index in [1.165, 1.54) is 45.4 Å².